The van der Waals surface area contributed by atoms with Crippen LogP contribution in [0.2, 0.25) is 0 Å². The Bertz CT molecular complexity index is 540. The van der Waals surface area contributed by atoms with E-state index >= 15 is 0 Å². The van der Waals surface area contributed by atoms with Crippen LogP contribution in [0.25, 0.3) is 0 Å². The lowest BCUT2D eigenvalue weighted by Gasteiger charge is -2.24. The van der Waals surface area contributed by atoms with Crippen LogP contribution in [0.3, 0.4) is 0 Å². The molecule has 19 heavy (non-hydrogen) atoms. The number of halogens is 2. The van der Waals surface area contributed by atoms with E-state index in [1.54, 1.807) is 0 Å². The predicted octanol–water partition coefficient (Wildman–Crippen LogP) is 2.68. The average molecular weight is 267 g/mol. The van der Waals surface area contributed by atoms with Gasteiger partial charge in [-0.2, -0.15) is 0 Å². The van der Waals surface area contributed by atoms with Crippen molar-refractivity contribution in [3.05, 3.63) is 29.3 Å². The number of nitrogens with one attached hydrogen (secondary N) is 1. The summed E-state index contributed by atoms with van der Waals surface area (Å²) in [6.07, 6.45) is 4.39. The van der Waals surface area contributed by atoms with E-state index < -0.39 is 23.1 Å². The molecule has 1 aromatic carbocycles. The van der Waals surface area contributed by atoms with Crippen LogP contribution in [0.5, 0.6) is 0 Å². The van der Waals surface area contributed by atoms with E-state index in [1.807, 2.05) is 0 Å². The fourth-order valence-corrected chi connectivity index (χ4v) is 3.19. The summed E-state index contributed by atoms with van der Waals surface area (Å²) in [6.45, 7) is 0. The molecule has 1 amide bonds. The third-order valence-corrected chi connectivity index (χ3v) is 4.21. The van der Waals surface area contributed by atoms with E-state index in [2.05, 4.69) is 5.32 Å². The number of anilines is 1. The maximum atomic E-state index is 13.6. The summed E-state index contributed by atoms with van der Waals surface area (Å²) in [4.78, 5) is 12.0. The van der Waals surface area contributed by atoms with E-state index in [0.717, 1.165) is 31.7 Å². The molecule has 0 radical (unpaired) electrons. The summed E-state index contributed by atoms with van der Waals surface area (Å²) >= 11 is 0. The molecule has 0 bridgehead atoms. The average Bonchev–Trinajstić information content (AvgIpc) is 2.94. The van der Waals surface area contributed by atoms with E-state index in [-0.39, 0.29) is 23.6 Å². The molecule has 5 heteroatoms. The van der Waals surface area contributed by atoms with Gasteiger partial charge in [-0.25, -0.2) is 8.78 Å². The van der Waals surface area contributed by atoms with Crippen LogP contribution in [-0.2, 0) is 10.4 Å². The first-order valence-corrected chi connectivity index (χ1v) is 6.54. The van der Waals surface area contributed by atoms with E-state index in [0.29, 0.717) is 0 Å². The molecule has 3 rings (SSSR count). The molecule has 1 aromatic rings. The maximum absolute atomic E-state index is 13.6. The Hall–Kier alpha value is -1.49. The fourth-order valence-electron chi connectivity index (χ4n) is 3.19. The minimum Gasteiger partial charge on any atom is -0.375 e. The zero-order valence-corrected chi connectivity index (χ0v) is 10.4. The van der Waals surface area contributed by atoms with E-state index in [1.165, 1.54) is 6.07 Å². The zero-order valence-electron chi connectivity index (χ0n) is 10.4. The molecule has 0 spiro atoms. The molecule has 0 aromatic heterocycles. The van der Waals surface area contributed by atoms with Crippen molar-refractivity contribution in [2.45, 2.75) is 37.7 Å². The van der Waals surface area contributed by atoms with Crippen molar-refractivity contribution in [1.29, 1.82) is 0 Å². The Labute approximate surface area is 109 Å². The minimum atomic E-state index is -1.72. The highest BCUT2D eigenvalue weighted by Gasteiger charge is 2.48. The molecule has 1 aliphatic carbocycles. The molecule has 1 unspecified atom stereocenters. The second-order valence-corrected chi connectivity index (χ2v) is 5.45. The monoisotopic (exact) mass is 267 g/mol. The van der Waals surface area contributed by atoms with Crippen LogP contribution in [-0.4, -0.2) is 11.0 Å². The van der Waals surface area contributed by atoms with Crippen LogP contribution in [0.1, 0.15) is 37.7 Å². The van der Waals surface area contributed by atoms with Gasteiger partial charge in [0.1, 0.15) is 0 Å². The van der Waals surface area contributed by atoms with E-state index in [4.69, 9.17) is 0 Å². The van der Waals surface area contributed by atoms with Gasteiger partial charge in [-0.3, -0.25) is 4.79 Å². The van der Waals surface area contributed by atoms with Crippen LogP contribution < -0.4 is 5.32 Å². The Balaban J connectivity index is 1.99. The van der Waals surface area contributed by atoms with Crippen molar-refractivity contribution in [3.8, 4) is 0 Å². The third-order valence-electron chi connectivity index (χ3n) is 4.21. The molecule has 102 valence electrons. The summed E-state index contributed by atoms with van der Waals surface area (Å²) in [5, 5.41) is 12.9. The van der Waals surface area contributed by atoms with Crippen LogP contribution in [0.15, 0.2) is 12.1 Å². The van der Waals surface area contributed by atoms with Gasteiger partial charge in [0.25, 0.3) is 5.91 Å². The number of amides is 1. The standard InChI is InChI=1S/C14H15F2NO2/c15-10-6-5-9-12(11(10)16)17-13(18)14(9,19)7-8-3-1-2-4-8/h5-6,8,19H,1-4,7H2,(H,17,18). The molecular formula is C14H15F2NO2. The van der Waals surface area contributed by atoms with Crippen LogP contribution in [0, 0.1) is 17.6 Å². The van der Waals surface area contributed by atoms with Crippen molar-refractivity contribution in [1.82, 2.24) is 0 Å². The molecule has 0 saturated heterocycles. The number of carbonyl (C=O) groups excluding carboxylic acids is 1. The van der Waals surface area contributed by atoms with Gasteiger partial charge in [0.05, 0.1) is 5.69 Å². The number of aliphatic hydroxyl groups is 1. The summed E-state index contributed by atoms with van der Waals surface area (Å²) in [5.74, 6) is -2.52. The lowest BCUT2D eigenvalue weighted by Crippen LogP contribution is -2.35. The van der Waals surface area contributed by atoms with Crippen molar-refractivity contribution in [3.63, 3.8) is 0 Å². The number of benzene rings is 1. The number of hydrogen-bond acceptors (Lipinski definition) is 2. The molecular weight excluding hydrogens is 252 g/mol. The minimum absolute atomic E-state index is 0.156. The third kappa shape index (κ3) is 1.84. The highest BCUT2D eigenvalue weighted by molar-refractivity contribution is 6.05. The van der Waals surface area contributed by atoms with Gasteiger partial charge in [-0.05, 0) is 18.4 Å². The number of fused-ring (bicyclic) bond motifs is 1. The van der Waals surface area contributed by atoms with Crippen molar-refractivity contribution in [2.24, 2.45) is 5.92 Å². The predicted molar refractivity (Wildman–Crippen MR) is 65.5 cm³/mol. The Morgan fingerprint density at radius 3 is 2.68 bits per heavy atom. The highest BCUT2D eigenvalue weighted by Crippen LogP contribution is 2.44. The van der Waals surface area contributed by atoms with Gasteiger partial charge >= 0.3 is 0 Å². The normalized spacial score (nSPS) is 26.6. The lowest BCUT2D eigenvalue weighted by atomic mass is 9.84. The Kier molecular flexibility index (Phi) is 2.82. The van der Waals surface area contributed by atoms with Crippen LogP contribution >= 0.6 is 0 Å². The summed E-state index contributed by atoms with van der Waals surface area (Å²) < 4.78 is 26.8. The first-order chi connectivity index (χ1) is 9.02. The molecule has 2 aliphatic rings. The quantitative estimate of drug-likeness (QED) is 0.865. The number of rotatable bonds is 2. The second kappa shape index (κ2) is 4.27. The maximum Gasteiger partial charge on any atom is 0.261 e. The Morgan fingerprint density at radius 1 is 1.32 bits per heavy atom. The zero-order chi connectivity index (χ0) is 13.6. The summed E-state index contributed by atoms with van der Waals surface area (Å²) in [6, 6.07) is 2.24. The molecule has 2 N–H and O–H groups in total. The fraction of sp³-hybridized carbons (Fsp3) is 0.500. The number of hydrogen-bond donors (Lipinski definition) is 2. The second-order valence-electron chi connectivity index (χ2n) is 5.45. The summed E-state index contributed by atoms with van der Waals surface area (Å²) in [5.41, 5.74) is -1.78. The molecule has 3 nitrogen and oxygen atoms in total. The van der Waals surface area contributed by atoms with Crippen molar-refractivity contribution in [2.75, 3.05) is 5.32 Å². The van der Waals surface area contributed by atoms with E-state index in [9.17, 15) is 18.7 Å². The van der Waals surface area contributed by atoms with Crippen LogP contribution in [0.4, 0.5) is 14.5 Å². The van der Waals surface area contributed by atoms with Crippen molar-refractivity contribution >= 4 is 11.6 Å². The molecule has 1 atom stereocenters. The molecule has 1 saturated carbocycles. The molecule has 1 heterocycles. The smallest absolute Gasteiger partial charge is 0.261 e. The van der Waals surface area contributed by atoms with Gasteiger partial charge < -0.3 is 10.4 Å². The SMILES string of the molecule is O=C1Nc2c(ccc(F)c2F)C1(O)CC1CCCC1. The van der Waals surface area contributed by atoms with Crippen molar-refractivity contribution < 1.29 is 18.7 Å². The first-order valence-electron chi connectivity index (χ1n) is 6.54. The topological polar surface area (TPSA) is 49.3 Å². The summed E-state index contributed by atoms with van der Waals surface area (Å²) in [7, 11) is 0. The molecule has 1 fully saturated rings. The van der Waals surface area contributed by atoms with Gasteiger partial charge in [-0.15, -0.1) is 0 Å². The van der Waals surface area contributed by atoms with Gasteiger partial charge in [-0.1, -0.05) is 31.7 Å². The largest absolute Gasteiger partial charge is 0.375 e. The lowest BCUT2D eigenvalue weighted by molar-refractivity contribution is -0.135. The van der Waals surface area contributed by atoms with Gasteiger partial charge in [0.2, 0.25) is 0 Å². The number of carbonyl (C=O) groups is 1. The first kappa shape index (κ1) is 12.5. The Morgan fingerprint density at radius 2 is 2.00 bits per heavy atom. The highest BCUT2D eigenvalue weighted by atomic mass is 19.2. The molecule has 1 aliphatic heterocycles. The van der Waals surface area contributed by atoms with Gasteiger partial charge in [0, 0.05) is 5.56 Å². The van der Waals surface area contributed by atoms with Gasteiger partial charge in [0.15, 0.2) is 17.2 Å².